The summed E-state index contributed by atoms with van der Waals surface area (Å²) in [6.45, 7) is 5.79. The highest BCUT2D eigenvalue weighted by Gasteiger charge is 2.30. The van der Waals surface area contributed by atoms with Crippen LogP contribution in [0.2, 0.25) is 0 Å². The maximum absolute atomic E-state index is 12.9. The molecule has 2 heterocycles. The van der Waals surface area contributed by atoms with E-state index < -0.39 is 22.6 Å². The van der Waals surface area contributed by atoms with Gasteiger partial charge in [0, 0.05) is 26.2 Å². The summed E-state index contributed by atoms with van der Waals surface area (Å²) in [7, 11) is -3.62. The number of rotatable bonds is 6. The normalized spacial score (nSPS) is 14.7. The van der Waals surface area contributed by atoms with Crippen LogP contribution in [0.15, 0.2) is 59.5 Å². The van der Waals surface area contributed by atoms with E-state index in [2.05, 4.69) is 5.10 Å². The summed E-state index contributed by atoms with van der Waals surface area (Å²) in [5.74, 6) is -0.979. The number of para-hydroxylation sites is 1. The van der Waals surface area contributed by atoms with E-state index in [1.807, 2.05) is 37.3 Å². The zero-order valence-electron chi connectivity index (χ0n) is 20.0. The zero-order valence-corrected chi connectivity index (χ0v) is 20.8. The van der Waals surface area contributed by atoms with E-state index in [9.17, 15) is 18.0 Å². The van der Waals surface area contributed by atoms with Crippen molar-refractivity contribution >= 4 is 21.9 Å². The van der Waals surface area contributed by atoms with Gasteiger partial charge in [-0.3, -0.25) is 4.79 Å². The van der Waals surface area contributed by atoms with Crippen LogP contribution in [0.1, 0.15) is 27.3 Å². The van der Waals surface area contributed by atoms with Crippen LogP contribution >= 0.6 is 0 Å². The highest BCUT2D eigenvalue weighted by Crippen LogP contribution is 2.20. The quantitative estimate of drug-likeness (QED) is 0.486. The fraction of sp³-hybridized carbons (Fsp3) is 0.320. The zero-order chi connectivity index (χ0) is 25.2. The van der Waals surface area contributed by atoms with Crippen molar-refractivity contribution in [2.45, 2.75) is 25.7 Å². The Bertz CT molecular complexity index is 1330. The number of amides is 1. The van der Waals surface area contributed by atoms with Gasteiger partial charge < -0.3 is 9.64 Å². The third kappa shape index (κ3) is 5.13. The van der Waals surface area contributed by atoms with Crippen LogP contribution in [0.5, 0.6) is 0 Å². The molecule has 1 fully saturated rings. The number of benzene rings is 2. The van der Waals surface area contributed by atoms with E-state index >= 15 is 0 Å². The lowest BCUT2D eigenvalue weighted by molar-refractivity contribution is -0.135. The van der Waals surface area contributed by atoms with Gasteiger partial charge in [-0.1, -0.05) is 35.9 Å². The van der Waals surface area contributed by atoms with Crippen molar-refractivity contribution in [1.82, 2.24) is 19.0 Å². The van der Waals surface area contributed by atoms with Crippen molar-refractivity contribution in [3.05, 3.63) is 77.1 Å². The Hall–Kier alpha value is -3.50. The second kappa shape index (κ2) is 10.0. The summed E-state index contributed by atoms with van der Waals surface area (Å²) in [5.41, 5.74) is 3.27. The highest BCUT2D eigenvalue weighted by molar-refractivity contribution is 7.89. The highest BCUT2D eigenvalue weighted by atomic mass is 32.2. The monoisotopic (exact) mass is 496 g/mol. The molecule has 10 heteroatoms. The van der Waals surface area contributed by atoms with Crippen LogP contribution in [0.4, 0.5) is 0 Å². The number of aromatic nitrogens is 2. The summed E-state index contributed by atoms with van der Waals surface area (Å²) in [5, 5.41) is 4.44. The van der Waals surface area contributed by atoms with Gasteiger partial charge in [0.25, 0.3) is 5.91 Å². The number of hydrogen-bond acceptors (Lipinski definition) is 6. The number of carbonyl (C=O) groups excluding carboxylic acids is 2. The number of carbonyl (C=O) groups is 2. The van der Waals surface area contributed by atoms with Gasteiger partial charge in [0.15, 0.2) is 6.61 Å². The van der Waals surface area contributed by atoms with Crippen LogP contribution in [-0.2, 0) is 19.6 Å². The van der Waals surface area contributed by atoms with Gasteiger partial charge in [-0.05, 0) is 45.0 Å². The molecule has 0 radical (unpaired) electrons. The molecule has 0 N–H and O–H groups in total. The van der Waals surface area contributed by atoms with Crippen LogP contribution in [0.25, 0.3) is 5.69 Å². The largest absolute Gasteiger partial charge is 0.452 e. The number of nitrogens with zero attached hydrogens (tertiary/aromatic N) is 4. The molecule has 4 rings (SSSR count). The van der Waals surface area contributed by atoms with Crippen LogP contribution in [0.3, 0.4) is 0 Å². The Morgan fingerprint density at radius 3 is 2.17 bits per heavy atom. The molecule has 0 atom stereocenters. The third-order valence-electron chi connectivity index (χ3n) is 6.07. The van der Waals surface area contributed by atoms with Crippen LogP contribution in [-0.4, -0.2) is 72.1 Å². The first-order chi connectivity index (χ1) is 16.7. The summed E-state index contributed by atoms with van der Waals surface area (Å²) in [6.07, 6.45) is 0. The molecule has 3 aromatic rings. The Kier molecular flexibility index (Phi) is 7.04. The first-order valence-electron chi connectivity index (χ1n) is 11.3. The van der Waals surface area contributed by atoms with Crippen molar-refractivity contribution in [1.29, 1.82) is 0 Å². The molecule has 184 valence electrons. The lowest BCUT2D eigenvalue weighted by atomic mass is 10.2. The molecule has 1 aromatic heterocycles. The predicted molar refractivity (Wildman–Crippen MR) is 130 cm³/mol. The van der Waals surface area contributed by atoms with Crippen molar-refractivity contribution in [2.24, 2.45) is 0 Å². The minimum atomic E-state index is -3.62. The number of piperazine rings is 1. The third-order valence-corrected chi connectivity index (χ3v) is 7.99. The van der Waals surface area contributed by atoms with E-state index in [1.54, 1.807) is 42.8 Å². The lowest BCUT2D eigenvalue weighted by Crippen LogP contribution is -2.51. The lowest BCUT2D eigenvalue weighted by Gasteiger charge is -2.33. The van der Waals surface area contributed by atoms with E-state index in [0.29, 0.717) is 17.0 Å². The second-order valence-electron chi connectivity index (χ2n) is 8.47. The van der Waals surface area contributed by atoms with Gasteiger partial charge in [-0.25, -0.2) is 17.9 Å². The van der Waals surface area contributed by atoms with E-state index in [0.717, 1.165) is 11.3 Å². The standard InChI is InChI=1S/C25H28N4O5S/c1-18-9-11-22(12-10-18)35(32,33)28-15-13-27(14-16-28)23(30)17-34-25(31)24-19(2)26-29(20(24)3)21-7-5-4-6-8-21/h4-12H,13-17H2,1-3H3. The minimum Gasteiger partial charge on any atom is -0.452 e. The fourth-order valence-corrected chi connectivity index (χ4v) is 5.51. The van der Waals surface area contributed by atoms with Crippen molar-refractivity contribution < 1.29 is 22.7 Å². The molecular formula is C25H28N4O5S. The molecule has 1 amide bonds. The van der Waals surface area contributed by atoms with Gasteiger partial charge in [0.2, 0.25) is 10.0 Å². The van der Waals surface area contributed by atoms with Gasteiger partial charge in [-0.2, -0.15) is 9.40 Å². The molecule has 0 spiro atoms. The molecule has 1 saturated heterocycles. The smallest absolute Gasteiger partial charge is 0.342 e. The Morgan fingerprint density at radius 2 is 1.54 bits per heavy atom. The molecule has 35 heavy (non-hydrogen) atoms. The average molecular weight is 497 g/mol. The topological polar surface area (TPSA) is 102 Å². The molecule has 9 nitrogen and oxygen atoms in total. The average Bonchev–Trinajstić information content (AvgIpc) is 3.17. The van der Waals surface area contributed by atoms with E-state index in [1.165, 1.54) is 9.21 Å². The van der Waals surface area contributed by atoms with E-state index in [-0.39, 0.29) is 37.0 Å². The molecular weight excluding hydrogens is 468 g/mol. The van der Waals surface area contributed by atoms with Gasteiger partial charge in [0.1, 0.15) is 5.56 Å². The molecule has 0 unspecified atom stereocenters. The predicted octanol–water partition coefficient (Wildman–Crippen LogP) is 2.49. The first-order valence-corrected chi connectivity index (χ1v) is 12.8. The van der Waals surface area contributed by atoms with Crippen molar-refractivity contribution in [3.63, 3.8) is 0 Å². The number of hydrogen-bond donors (Lipinski definition) is 0. The molecule has 1 aliphatic rings. The van der Waals surface area contributed by atoms with E-state index in [4.69, 9.17) is 4.74 Å². The minimum absolute atomic E-state index is 0.179. The maximum Gasteiger partial charge on any atom is 0.342 e. The summed E-state index contributed by atoms with van der Waals surface area (Å²) in [4.78, 5) is 27.2. The van der Waals surface area contributed by atoms with Crippen LogP contribution < -0.4 is 0 Å². The molecule has 0 saturated carbocycles. The summed E-state index contributed by atoms with van der Waals surface area (Å²) < 4.78 is 34.1. The summed E-state index contributed by atoms with van der Waals surface area (Å²) >= 11 is 0. The SMILES string of the molecule is Cc1ccc(S(=O)(=O)N2CCN(C(=O)COC(=O)c3c(C)nn(-c4ccccc4)c3C)CC2)cc1. The molecule has 1 aliphatic heterocycles. The number of ether oxygens (including phenoxy) is 1. The Balaban J connectivity index is 1.34. The molecule has 0 aliphatic carbocycles. The summed E-state index contributed by atoms with van der Waals surface area (Å²) in [6, 6.07) is 16.1. The fourth-order valence-electron chi connectivity index (χ4n) is 4.09. The van der Waals surface area contributed by atoms with Gasteiger partial charge in [0.05, 0.1) is 22.0 Å². The van der Waals surface area contributed by atoms with Gasteiger partial charge >= 0.3 is 5.97 Å². The van der Waals surface area contributed by atoms with Crippen molar-refractivity contribution in [2.75, 3.05) is 32.8 Å². The van der Waals surface area contributed by atoms with Crippen LogP contribution in [0, 0.1) is 20.8 Å². The Labute approximate surface area is 205 Å². The molecule has 0 bridgehead atoms. The second-order valence-corrected chi connectivity index (χ2v) is 10.4. The van der Waals surface area contributed by atoms with Gasteiger partial charge in [-0.15, -0.1) is 0 Å². The Morgan fingerprint density at radius 1 is 0.914 bits per heavy atom. The number of aryl methyl sites for hydroxylation is 2. The number of esters is 1. The number of sulfonamides is 1. The first kappa shape index (κ1) is 24.6. The van der Waals surface area contributed by atoms with Crippen molar-refractivity contribution in [3.8, 4) is 5.69 Å². The molecule has 2 aromatic carbocycles. The maximum atomic E-state index is 12.9.